The summed E-state index contributed by atoms with van der Waals surface area (Å²) in [6.45, 7) is 6.90. The van der Waals surface area contributed by atoms with Crippen LogP contribution in [0, 0.1) is 23.7 Å². The van der Waals surface area contributed by atoms with Gasteiger partial charge < -0.3 is 10.2 Å². The summed E-state index contributed by atoms with van der Waals surface area (Å²) in [6, 6.07) is 0.0548. The van der Waals surface area contributed by atoms with Crippen molar-refractivity contribution >= 4 is 11.8 Å². The summed E-state index contributed by atoms with van der Waals surface area (Å²) >= 11 is 0. The van der Waals surface area contributed by atoms with Crippen molar-refractivity contribution in [1.82, 2.24) is 15.1 Å². The van der Waals surface area contributed by atoms with Gasteiger partial charge in [-0.15, -0.1) is 0 Å². The molecule has 0 aromatic rings. The van der Waals surface area contributed by atoms with E-state index in [0.29, 0.717) is 30.7 Å². The van der Waals surface area contributed by atoms with E-state index in [1.807, 2.05) is 6.92 Å². The molecule has 0 spiro atoms. The van der Waals surface area contributed by atoms with E-state index in [1.54, 1.807) is 6.08 Å². The van der Waals surface area contributed by atoms with Crippen molar-refractivity contribution in [2.45, 2.75) is 77.3 Å². The van der Waals surface area contributed by atoms with Crippen LogP contribution in [0.5, 0.6) is 0 Å². The molecule has 176 valence electrons. The molecule has 2 amide bonds. The van der Waals surface area contributed by atoms with Crippen molar-refractivity contribution < 1.29 is 14.0 Å². The normalized spacial score (nSPS) is 35.7. The van der Waals surface area contributed by atoms with Crippen LogP contribution >= 0.6 is 0 Å². The summed E-state index contributed by atoms with van der Waals surface area (Å²) in [5.41, 5.74) is 1.68. The second kappa shape index (κ2) is 8.92. The number of hydrogen-bond acceptors (Lipinski definition) is 3. The minimum atomic E-state index is -0.145. The monoisotopic (exact) mass is 443 g/mol. The number of hydrogen-bond donors (Lipinski definition) is 1. The molecule has 0 radical (unpaired) electrons. The predicted molar refractivity (Wildman–Crippen MR) is 122 cm³/mol. The molecule has 32 heavy (non-hydrogen) atoms. The summed E-state index contributed by atoms with van der Waals surface area (Å²) in [5, 5.41) is 3.23. The number of halogens is 1. The van der Waals surface area contributed by atoms with Gasteiger partial charge in [0, 0.05) is 49.6 Å². The lowest BCUT2D eigenvalue weighted by Crippen LogP contribution is -2.55. The summed E-state index contributed by atoms with van der Waals surface area (Å²) < 4.78 is 14.8. The quantitative estimate of drug-likeness (QED) is 0.703. The molecule has 6 heteroatoms. The zero-order valence-electron chi connectivity index (χ0n) is 19.6. The molecule has 1 N–H and O–H groups in total. The van der Waals surface area contributed by atoms with E-state index in [4.69, 9.17) is 0 Å². The van der Waals surface area contributed by atoms with Gasteiger partial charge in [0.15, 0.2) is 0 Å². The molecule has 0 bridgehead atoms. The fourth-order valence-electron chi connectivity index (χ4n) is 6.90. The van der Waals surface area contributed by atoms with Gasteiger partial charge in [-0.05, 0) is 69.4 Å². The molecule has 4 fully saturated rings. The second-order valence-corrected chi connectivity index (χ2v) is 10.9. The third-order valence-corrected chi connectivity index (χ3v) is 8.93. The fraction of sp³-hybridized carbons (Fsp3) is 0.769. The zero-order chi connectivity index (χ0) is 22.4. The Labute approximate surface area is 191 Å². The minimum absolute atomic E-state index is 0.0963. The van der Waals surface area contributed by atoms with Crippen molar-refractivity contribution in [3.8, 4) is 0 Å². The maximum absolute atomic E-state index is 14.8. The third-order valence-electron chi connectivity index (χ3n) is 8.93. The second-order valence-electron chi connectivity index (χ2n) is 10.9. The van der Waals surface area contributed by atoms with Crippen LogP contribution in [0.15, 0.2) is 23.0 Å². The lowest BCUT2D eigenvalue weighted by Gasteiger charge is -2.41. The standard InChI is InChI=1S/C26H38FN3O2/c1-16-14-29(12-13-30(16)26(32)18-6-3-4-7-18)15-21-17(2)23(11-10-22(21)27)28-25(31)24-19-8-5-9-20(19)24/h10,16,18-20,23-24H,3-9,11-15H2,1-2H3,(H,28,31)/t16-,19?,20?,23?,24?/m0/s1. The van der Waals surface area contributed by atoms with Crippen LogP contribution in [0.25, 0.3) is 0 Å². The topological polar surface area (TPSA) is 52.6 Å². The van der Waals surface area contributed by atoms with Crippen LogP contribution in [0.2, 0.25) is 0 Å². The van der Waals surface area contributed by atoms with Gasteiger partial charge in [0.25, 0.3) is 0 Å². The number of rotatable bonds is 5. The van der Waals surface area contributed by atoms with Gasteiger partial charge in [-0.3, -0.25) is 14.5 Å². The third kappa shape index (κ3) is 4.15. The minimum Gasteiger partial charge on any atom is -0.349 e. The molecule has 5 rings (SSSR count). The Bertz CT molecular complexity index is 821. The van der Waals surface area contributed by atoms with E-state index in [-0.39, 0.29) is 35.7 Å². The molecular weight excluding hydrogens is 405 g/mol. The first kappa shape index (κ1) is 22.1. The van der Waals surface area contributed by atoms with Crippen molar-refractivity contribution in [2.24, 2.45) is 23.7 Å². The number of carbonyl (C=O) groups is 2. The number of amides is 2. The lowest BCUT2D eigenvalue weighted by atomic mass is 9.92. The summed E-state index contributed by atoms with van der Waals surface area (Å²) in [7, 11) is 0. The van der Waals surface area contributed by atoms with Crippen molar-refractivity contribution in [3.05, 3.63) is 23.0 Å². The Morgan fingerprint density at radius 1 is 1.09 bits per heavy atom. The first-order chi connectivity index (χ1) is 15.4. The van der Waals surface area contributed by atoms with Gasteiger partial charge in [-0.25, -0.2) is 4.39 Å². The summed E-state index contributed by atoms with van der Waals surface area (Å²) in [6.07, 6.45) is 10.2. The Hall–Kier alpha value is -1.69. The molecule has 1 saturated heterocycles. The SMILES string of the molecule is CC1=C(CN2CCN(C(=O)C3CCCC3)[C@@H](C)C2)C(F)=CCC1NC(=O)C1C2CCCC21. The van der Waals surface area contributed by atoms with Gasteiger partial charge in [0.1, 0.15) is 5.83 Å². The number of carbonyl (C=O) groups excluding carboxylic acids is 2. The smallest absolute Gasteiger partial charge is 0.226 e. The fourth-order valence-corrected chi connectivity index (χ4v) is 6.90. The van der Waals surface area contributed by atoms with Crippen molar-refractivity contribution in [1.29, 1.82) is 0 Å². The highest BCUT2D eigenvalue weighted by atomic mass is 19.1. The molecule has 4 aliphatic carbocycles. The highest BCUT2D eigenvalue weighted by molar-refractivity contribution is 5.83. The highest BCUT2D eigenvalue weighted by Gasteiger charge is 2.56. The van der Waals surface area contributed by atoms with Gasteiger partial charge >= 0.3 is 0 Å². The van der Waals surface area contributed by atoms with Gasteiger partial charge in [0.2, 0.25) is 11.8 Å². The van der Waals surface area contributed by atoms with E-state index < -0.39 is 0 Å². The summed E-state index contributed by atoms with van der Waals surface area (Å²) in [4.78, 5) is 30.0. The van der Waals surface area contributed by atoms with Crippen LogP contribution in [0.3, 0.4) is 0 Å². The number of fused-ring (bicyclic) bond motifs is 1. The van der Waals surface area contributed by atoms with Gasteiger partial charge in [-0.2, -0.15) is 0 Å². The average Bonchev–Trinajstić information content (AvgIpc) is 3.16. The zero-order valence-corrected chi connectivity index (χ0v) is 19.6. The van der Waals surface area contributed by atoms with E-state index in [9.17, 15) is 14.0 Å². The van der Waals surface area contributed by atoms with E-state index in [1.165, 1.54) is 32.1 Å². The average molecular weight is 444 g/mol. The number of piperazine rings is 1. The van der Waals surface area contributed by atoms with Gasteiger partial charge in [-0.1, -0.05) is 19.3 Å². The molecule has 0 aromatic carbocycles. The Balaban J connectivity index is 1.19. The molecule has 1 aliphatic heterocycles. The van der Waals surface area contributed by atoms with Crippen LogP contribution in [0.1, 0.15) is 65.2 Å². The van der Waals surface area contributed by atoms with Crippen LogP contribution in [0.4, 0.5) is 4.39 Å². The molecule has 1 heterocycles. The van der Waals surface area contributed by atoms with Crippen LogP contribution in [-0.4, -0.2) is 59.9 Å². The molecular formula is C26H38FN3O2. The molecule has 0 aromatic heterocycles. The maximum Gasteiger partial charge on any atom is 0.226 e. The van der Waals surface area contributed by atoms with Crippen molar-refractivity contribution in [3.63, 3.8) is 0 Å². The van der Waals surface area contributed by atoms with E-state index in [2.05, 4.69) is 22.0 Å². The Morgan fingerprint density at radius 2 is 1.81 bits per heavy atom. The Morgan fingerprint density at radius 3 is 2.50 bits per heavy atom. The van der Waals surface area contributed by atoms with Crippen molar-refractivity contribution in [2.75, 3.05) is 26.2 Å². The number of nitrogens with zero attached hydrogens (tertiary/aromatic N) is 2. The first-order valence-electron chi connectivity index (χ1n) is 12.8. The van der Waals surface area contributed by atoms with E-state index in [0.717, 1.165) is 43.6 Å². The molecule has 4 atom stereocenters. The van der Waals surface area contributed by atoms with Crippen LogP contribution in [-0.2, 0) is 9.59 Å². The molecule has 5 nitrogen and oxygen atoms in total. The van der Waals surface area contributed by atoms with Gasteiger partial charge in [0.05, 0.1) is 6.04 Å². The maximum atomic E-state index is 14.8. The Kier molecular flexibility index (Phi) is 6.17. The van der Waals surface area contributed by atoms with Crippen LogP contribution < -0.4 is 5.32 Å². The molecule has 5 aliphatic rings. The molecule has 3 saturated carbocycles. The largest absolute Gasteiger partial charge is 0.349 e. The van der Waals surface area contributed by atoms with E-state index >= 15 is 0 Å². The lowest BCUT2D eigenvalue weighted by molar-refractivity contribution is -0.139. The first-order valence-corrected chi connectivity index (χ1v) is 12.8. The highest BCUT2D eigenvalue weighted by Crippen LogP contribution is 2.57. The number of nitrogens with one attached hydrogen (secondary N) is 1. The predicted octanol–water partition coefficient (Wildman–Crippen LogP) is 3.81. The summed E-state index contributed by atoms with van der Waals surface area (Å²) in [5.74, 6) is 1.95. The molecule has 3 unspecified atom stereocenters.